The predicted molar refractivity (Wildman–Crippen MR) is 79.4 cm³/mol. The Hall–Kier alpha value is 0.0800. The summed E-state index contributed by atoms with van der Waals surface area (Å²) in [5.74, 6) is 1.53. The van der Waals surface area contributed by atoms with Gasteiger partial charge < -0.3 is 0 Å². The number of hydrogen-bond donors (Lipinski definition) is 0. The van der Waals surface area contributed by atoms with E-state index >= 15 is 0 Å². The molecule has 2 rings (SSSR count). The van der Waals surface area contributed by atoms with E-state index in [0.29, 0.717) is 0 Å². The van der Waals surface area contributed by atoms with E-state index in [1.807, 2.05) is 0 Å². The first kappa shape index (κ1) is 12.5. The highest BCUT2D eigenvalue weighted by Crippen LogP contribution is 2.42. The van der Waals surface area contributed by atoms with E-state index in [1.165, 1.54) is 41.9 Å². The van der Waals surface area contributed by atoms with Crippen LogP contribution >= 0.6 is 18.5 Å². The van der Waals surface area contributed by atoms with Crippen LogP contribution in [-0.2, 0) is 0 Å². The molecule has 0 aromatic rings. The summed E-state index contributed by atoms with van der Waals surface area (Å²) in [5, 5.41) is 2.96. The van der Waals surface area contributed by atoms with Crippen molar-refractivity contribution < 1.29 is 0 Å². The summed E-state index contributed by atoms with van der Waals surface area (Å²) in [6.45, 7) is 4.63. The Balaban J connectivity index is 2.23. The van der Waals surface area contributed by atoms with Gasteiger partial charge in [0.05, 0.1) is 0 Å². The van der Waals surface area contributed by atoms with Crippen molar-refractivity contribution in [2.75, 3.05) is 0 Å². The third-order valence-electron chi connectivity index (χ3n) is 3.78. The van der Waals surface area contributed by atoms with Crippen LogP contribution in [0.25, 0.3) is 0 Å². The highest BCUT2D eigenvalue weighted by atomic mass is 31.0. The van der Waals surface area contributed by atoms with E-state index in [4.69, 9.17) is 0 Å². The van der Waals surface area contributed by atoms with Gasteiger partial charge in [-0.1, -0.05) is 35.5 Å². The molecule has 3 unspecified atom stereocenters. The predicted octanol–water partition coefficient (Wildman–Crippen LogP) is 4.66. The van der Waals surface area contributed by atoms with Crippen LogP contribution in [0.15, 0.2) is 33.9 Å². The number of allylic oxidation sites excluding steroid dienone is 6. The van der Waals surface area contributed by atoms with Crippen LogP contribution in [0.2, 0.25) is 0 Å². The molecule has 0 aliphatic heterocycles. The fraction of sp³-hybridized carbons (Fsp3) is 0.571. The first-order valence-corrected chi connectivity index (χ1v) is 7.34. The van der Waals surface area contributed by atoms with Crippen molar-refractivity contribution in [1.29, 1.82) is 0 Å². The summed E-state index contributed by atoms with van der Waals surface area (Å²) >= 11 is 0. The van der Waals surface area contributed by atoms with E-state index in [2.05, 4.69) is 44.5 Å². The van der Waals surface area contributed by atoms with Crippen LogP contribution in [-0.4, -0.2) is 0 Å². The van der Waals surface area contributed by atoms with Crippen molar-refractivity contribution in [3.63, 3.8) is 0 Å². The summed E-state index contributed by atoms with van der Waals surface area (Å²) in [6, 6.07) is 0. The number of hydrogen-bond acceptors (Lipinski definition) is 0. The molecule has 0 nitrogen and oxygen atoms in total. The summed E-state index contributed by atoms with van der Waals surface area (Å²) in [6.07, 6.45) is 9.85. The Morgan fingerprint density at radius 2 is 2.06 bits per heavy atom. The Morgan fingerprint density at radius 1 is 1.31 bits per heavy atom. The molecular weight excluding hydrogens is 230 g/mol. The molecule has 0 spiro atoms. The molecule has 4 atom stereocenters. The van der Waals surface area contributed by atoms with E-state index < -0.39 is 0 Å². The maximum Gasteiger partial charge on any atom is -0.0153 e. The minimum atomic E-state index is 0.738. The minimum Gasteiger partial charge on any atom is -0.110 e. The quantitative estimate of drug-likeness (QED) is 0.595. The van der Waals surface area contributed by atoms with Crippen molar-refractivity contribution >= 4 is 18.5 Å². The Kier molecular flexibility index (Phi) is 4.04. The monoisotopic (exact) mass is 252 g/mol. The molecule has 0 fully saturated rings. The lowest BCUT2D eigenvalue weighted by Crippen LogP contribution is -2.17. The molecular formula is C14H22P2. The van der Waals surface area contributed by atoms with Crippen LogP contribution < -0.4 is 0 Å². The molecule has 0 N–H and O–H groups in total. The smallest absolute Gasteiger partial charge is 0.0153 e. The SMILES string of the molecule is CC1=CC(P)=C(C2CC=C(P)CC2)[C@@H](C)C1. The Labute approximate surface area is 104 Å². The molecule has 0 bridgehead atoms. The van der Waals surface area contributed by atoms with Gasteiger partial charge in [-0.3, -0.25) is 0 Å². The van der Waals surface area contributed by atoms with Crippen LogP contribution in [0.3, 0.4) is 0 Å². The lowest BCUT2D eigenvalue weighted by atomic mass is 9.77. The van der Waals surface area contributed by atoms with Crippen molar-refractivity contribution in [3.8, 4) is 0 Å². The molecule has 0 radical (unpaired) electrons. The van der Waals surface area contributed by atoms with Gasteiger partial charge in [-0.25, -0.2) is 0 Å². The van der Waals surface area contributed by atoms with E-state index in [1.54, 1.807) is 5.57 Å². The Bertz CT molecular complexity index is 374. The second-order valence-electron chi connectivity index (χ2n) is 5.26. The van der Waals surface area contributed by atoms with Gasteiger partial charge in [-0.15, -0.1) is 18.5 Å². The van der Waals surface area contributed by atoms with E-state index in [0.717, 1.165) is 11.8 Å². The molecule has 2 heteroatoms. The van der Waals surface area contributed by atoms with Gasteiger partial charge in [0.15, 0.2) is 0 Å². The molecule has 88 valence electrons. The first-order valence-electron chi connectivity index (χ1n) is 6.19. The van der Waals surface area contributed by atoms with Gasteiger partial charge in [0.2, 0.25) is 0 Å². The fourth-order valence-corrected chi connectivity index (χ4v) is 4.17. The largest absolute Gasteiger partial charge is 0.110 e. The lowest BCUT2D eigenvalue weighted by Gasteiger charge is -2.31. The molecule has 0 saturated carbocycles. The van der Waals surface area contributed by atoms with E-state index in [9.17, 15) is 0 Å². The van der Waals surface area contributed by atoms with Gasteiger partial charge in [-0.2, -0.15) is 0 Å². The van der Waals surface area contributed by atoms with Gasteiger partial charge in [0.25, 0.3) is 0 Å². The third-order valence-corrected chi connectivity index (χ3v) is 4.80. The van der Waals surface area contributed by atoms with Crippen LogP contribution in [0.5, 0.6) is 0 Å². The van der Waals surface area contributed by atoms with Crippen molar-refractivity contribution in [3.05, 3.63) is 33.9 Å². The van der Waals surface area contributed by atoms with Gasteiger partial charge in [0, 0.05) is 0 Å². The molecule has 16 heavy (non-hydrogen) atoms. The fourth-order valence-electron chi connectivity index (χ4n) is 3.06. The maximum absolute atomic E-state index is 2.95. The average molecular weight is 252 g/mol. The van der Waals surface area contributed by atoms with Crippen molar-refractivity contribution in [2.24, 2.45) is 11.8 Å². The topological polar surface area (TPSA) is 0 Å². The van der Waals surface area contributed by atoms with Crippen molar-refractivity contribution in [1.82, 2.24) is 0 Å². The summed E-state index contributed by atoms with van der Waals surface area (Å²) in [7, 11) is 5.81. The van der Waals surface area contributed by atoms with Crippen LogP contribution in [0.1, 0.15) is 39.5 Å². The molecule has 2 aliphatic carbocycles. The Morgan fingerprint density at radius 3 is 2.62 bits per heavy atom. The molecule has 2 aliphatic rings. The number of rotatable bonds is 1. The van der Waals surface area contributed by atoms with Gasteiger partial charge in [-0.05, 0) is 49.8 Å². The maximum atomic E-state index is 2.95. The zero-order chi connectivity index (χ0) is 11.7. The van der Waals surface area contributed by atoms with Gasteiger partial charge in [0.1, 0.15) is 0 Å². The summed E-state index contributed by atoms with van der Waals surface area (Å²) in [4.78, 5) is 0. The normalized spacial score (nSPS) is 31.2. The zero-order valence-electron chi connectivity index (χ0n) is 10.3. The first-order chi connectivity index (χ1) is 7.58. The second-order valence-corrected chi connectivity index (χ2v) is 6.62. The molecule has 0 heterocycles. The molecule has 0 aromatic heterocycles. The highest BCUT2D eigenvalue weighted by molar-refractivity contribution is 7.23. The summed E-state index contributed by atoms with van der Waals surface area (Å²) in [5.41, 5.74) is 3.23. The van der Waals surface area contributed by atoms with Crippen LogP contribution in [0.4, 0.5) is 0 Å². The third kappa shape index (κ3) is 2.66. The average Bonchev–Trinajstić information content (AvgIpc) is 2.19. The van der Waals surface area contributed by atoms with Crippen LogP contribution in [0, 0.1) is 11.8 Å². The highest BCUT2D eigenvalue weighted by Gasteiger charge is 2.25. The standard InChI is InChI=1S/C14H22P2/c1-9-7-10(2)14(13(16)8-9)11-3-5-12(15)6-4-11/h5,8,10-11H,3-4,6-7,15-16H2,1-2H3/t10-,11?/m0/s1. The second kappa shape index (κ2) is 5.16. The molecule has 0 saturated heterocycles. The molecule has 0 amide bonds. The van der Waals surface area contributed by atoms with Crippen molar-refractivity contribution in [2.45, 2.75) is 39.5 Å². The summed E-state index contributed by atoms with van der Waals surface area (Å²) < 4.78 is 0. The van der Waals surface area contributed by atoms with E-state index in [-0.39, 0.29) is 0 Å². The zero-order valence-corrected chi connectivity index (χ0v) is 12.6. The lowest BCUT2D eigenvalue weighted by molar-refractivity contribution is 0.475. The molecule has 0 aromatic carbocycles. The minimum absolute atomic E-state index is 0.738. The van der Waals surface area contributed by atoms with Gasteiger partial charge >= 0.3 is 0 Å².